The Kier molecular flexibility index (Phi) is 6.01. The van der Waals surface area contributed by atoms with Crippen molar-refractivity contribution in [2.24, 2.45) is 11.8 Å². The molecule has 1 saturated carbocycles. The molecular weight excluding hydrogens is 344 g/mol. The zero-order valence-electron chi connectivity index (χ0n) is 16.0. The van der Waals surface area contributed by atoms with E-state index in [9.17, 15) is 4.79 Å². The highest BCUT2D eigenvalue weighted by Gasteiger charge is 2.29. The summed E-state index contributed by atoms with van der Waals surface area (Å²) in [4.78, 5) is 17.1. The van der Waals surface area contributed by atoms with E-state index >= 15 is 0 Å². The minimum Gasteiger partial charge on any atom is -0.352 e. The second-order valence-corrected chi connectivity index (χ2v) is 8.78. The van der Waals surface area contributed by atoms with Crippen LogP contribution in [-0.2, 0) is 4.79 Å². The van der Waals surface area contributed by atoms with Crippen molar-refractivity contribution in [3.05, 3.63) is 29.8 Å². The Balaban J connectivity index is 1.58. The molecule has 1 aromatic heterocycles. The summed E-state index contributed by atoms with van der Waals surface area (Å²) in [7, 11) is 0. The molecule has 1 fully saturated rings. The third-order valence-corrected chi connectivity index (χ3v) is 6.44. The maximum Gasteiger partial charge on any atom is 0.233 e. The van der Waals surface area contributed by atoms with E-state index in [4.69, 9.17) is 0 Å². The van der Waals surface area contributed by atoms with Gasteiger partial charge in [-0.2, -0.15) is 0 Å². The monoisotopic (exact) mass is 372 g/mol. The molecule has 0 unspecified atom stereocenters. The van der Waals surface area contributed by atoms with Crippen molar-refractivity contribution in [2.75, 3.05) is 0 Å². The van der Waals surface area contributed by atoms with Gasteiger partial charge in [-0.15, -0.1) is 5.10 Å². The maximum absolute atomic E-state index is 12.6. The Labute approximate surface area is 159 Å². The van der Waals surface area contributed by atoms with Crippen molar-refractivity contribution in [3.63, 3.8) is 0 Å². The number of benzene rings is 1. The van der Waals surface area contributed by atoms with Gasteiger partial charge < -0.3 is 5.32 Å². The molecule has 140 valence electrons. The molecule has 0 spiro atoms. The van der Waals surface area contributed by atoms with Crippen LogP contribution in [0, 0.1) is 18.8 Å². The van der Waals surface area contributed by atoms with Gasteiger partial charge in [0.05, 0.1) is 5.25 Å². The van der Waals surface area contributed by atoms with Crippen molar-refractivity contribution < 1.29 is 4.79 Å². The second kappa shape index (κ2) is 8.25. The van der Waals surface area contributed by atoms with Gasteiger partial charge in [0.25, 0.3) is 0 Å². The molecule has 0 radical (unpaired) electrons. The van der Waals surface area contributed by atoms with Crippen LogP contribution in [0.25, 0.3) is 11.4 Å². The molecular formula is C20H28N4OS. The van der Waals surface area contributed by atoms with E-state index in [1.807, 2.05) is 31.2 Å². The summed E-state index contributed by atoms with van der Waals surface area (Å²) in [5.41, 5.74) is 2.21. The lowest BCUT2D eigenvalue weighted by Gasteiger charge is -2.35. The standard InChI is InChI=1S/C20H28N4OS/c1-12-8-10-16(11-9-12)18-22-20(24-23-18)26-15(4)19(25)21-17-7-5-6-13(2)14(17)3/h8-11,13-15,17H,5-7H2,1-4H3,(H,21,25)(H,22,23,24)/t13-,14-,15-,17+/m0/s1. The van der Waals surface area contributed by atoms with E-state index in [1.165, 1.54) is 30.2 Å². The molecule has 3 rings (SSSR count). The molecule has 5 nitrogen and oxygen atoms in total. The maximum atomic E-state index is 12.6. The number of hydrogen-bond donors (Lipinski definition) is 2. The number of aromatic nitrogens is 3. The first-order chi connectivity index (χ1) is 12.4. The van der Waals surface area contributed by atoms with Crippen molar-refractivity contribution in [1.82, 2.24) is 20.5 Å². The molecule has 4 atom stereocenters. The first-order valence-corrected chi connectivity index (χ1v) is 10.3. The summed E-state index contributed by atoms with van der Waals surface area (Å²) < 4.78 is 0. The van der Waals surface area contributed by atoms with E-state index in [0.29, 0.717) is 17.0 Å². The molecule has 0 saturated heterocycles. The average molecular weight is 373 g/mol. The summed E-state index contributed by atoms with van der Waals surface area (Å²) in [6, 6.07) is 8.42. The quantitative estimate of drug-likeness (QED) is 0.772. The van der Waals surface area contributed by atoms with Gasteiger partial charge in [-0.25, -0.2) is 4.98 Å². The van der Waals surface area contributed by atoms with E-state index < -0.39 is 0 Å². The molecule has 1 aliphatic rings. The summed E-state index contributed by atoms with van der Waals surface area (Å²) in [5.74, 6) is 2.00. The number of nitrogens with one attached hydrogen (secondary N) is 2. The van der Waals surface area contributed by atoms with Gasteiger partial charge in [-0.1, -0.05) is 68.3 Å². The highest BCUT2D eigenvalue weighted by atomic mass is 32.2. The number of thioether (sulfide) groups is 1. The predicted molar refractivity (Wildman–Crippen MR) is 106 cm³/mol. The van der Waals surface area contributed by atoms with E-state index in [1.54, 1.807) is 0 Å². The second-order valence-electron chi connectivity index (χ2n) is 7.48. The van der Waals surface area contributed by atoms with Crippen molar-refractivity contribution in [3.8, 4) is 11.4 Å². The molecule has 1 aliphatic carbocycles. The minimum absolute atomic E-state index is 0.0719. The first-order valence-electron chi connectivity index (χ1n) is 9.40. The van der Waals surface area contributed by atoms with Gasteiger partial charge in [0.1, 0.15) is 0 Å². The third-order valence-electron chi connectivity index (χ3n) is 5.48. The highest BCUT2D eigenvalue weighted by molar-refractivity contribution is 8.00. The lowest BCUT2D eigenvalue weighted by molar-refractivity contribution is -0.121. The SMILES string of the molecule is Cc1ccc(-c2nc(S[C@@H](C)C(=O)N[C@@H]3CCC[C@H](C)[C@@H]3C)n[nH]2)cc1. The normalized spacial score (nSPS) is 24.2. The van der Waals surface area contributed by atoms with Gasteiger partial charge in [0.15, 0.2) is 5.82 Å². The van der Waals surface area contributed by atoms with Crippen LogP contribution >= 0.6 is 11.8 Å². The summed E-state index contributed by atoms with van der Waals surface area (Å²) >= 11 is 1.40. The summed E-state index contributed by atoms with van der Waals surface area (Å²) in [6.45, 7) is 8.50. The largest absolute Gasteiger partial charge is 0.352 e. The zero-order valence-corrected chi connectivity index (χ0v) is 16.8. The van der Waals surface area contributed by atoms with Crippen LogP contribution in [0.4, 0.5) is 0 Å². The smallest absolute Gasteiger partial charge is 0.233 e. The summed E-state index contributed by atoms with van der Waals surface area (Å²) in [6.07, 6.45) is 3.53. The first kappa shape index (κ1) is 19.0. The molecule has 2 N–H and O–H groups in total. The molecule has 26 heavy (non-hydrogen) atoms. The zero-order chi connectivity index (χ0) is 18.7. The van der Waals surface area contributed by atoms with Crippen LogP contribution in [0.5, 0.6) is 0 Å². The van der Waals surface area contributed by atoms with Gasteiger partial charge >= 0.3 is 0 Å². The predicted octanol–water partition coefficient (Wildman–Crippen LogP) is 4.20. The van der Waals surface area contributed by atoms with E-state index in [2.05, 4.69) is 41.3 Å². The molecule has 1 heterocycles. The number of hydrogen-bond acceptors (Lipinski definition) is 4. The number of carbonyl (C=O) groups is 1. The number of amides is 1. The number of carbonyl (C=O) groups excluding carboxylic acids is 1. The average Bonchev–Trinajstić information content (AvgIpc) is 3.08. The molecule has 0 bridgehead atoms. The molecule has 1 amide bonds. The van der Waals surface area contributed by atoms with Crippen LogP contribution < -0.4 is 5.32 Å². The lowest BCUT2D eigenvalue weighted by atomic mass is 9.78. The van der Waals surface area contributed by atoms with Gasteiger partial charge in [-0.05, 0) is 32.1 Å². The van der Waals surface area contributed by atoms with Crippen LogP contribution in [0.2, 0.25) is 0 Å². The Bertz CT molecular complexity index is 743. The Hall–Kier alpha value is -1.82. The fourth-order valence-corrected chi connectivity index (χ4v) is 4.17. The Morgan fingerprint density at radius 1 is 1.27 bits per heavy atom. The van der Waals surface area contributed by atoms with Crippen molar-refractivity contribution >= 4 is 17.7 Å². The van der Waals surface area contributed by atoms with Crippen LogP contribution in [0.3, 0.4) is 0 Å². The number of rotatable bonds is 5. The molecule has 0 aliphatic heterocycles. The molecule has 1 aromatic carbocycles. The molecule has 2 aromatic rings. The van der Waals surface area contributed by atoms with Gasteiger partial charge in [-0.3, -0.25) is 9.89 Å². The fourth-order valence-electron chi connectivity index (χ4n) is 3.44. The summed E-state index contributed by atoms with van der Waals surface area (Å²) in [5, 5.41) is 10.8. The van der Waals surface area contributed by atoms with Crippen LogP contribution in [-0.4, -0.2) is 32.4 Å². The highest BCUT2D eigenvalue weighted by Crippen LogP contribution is 2.30. The minimum atomic E-state index is -0.221. The van der Waals surface area contributed by atoms with E-state index in [-0.39, 0.29) is 17.2 Å². The number of nitrogens with zero attached hydrogens (tertiary/aromatic N) is 2. The Morgan fingerprint density at radius 2 is 2.00 bits per heavy atom. The fraction of sp³-hybridized carbons (Fsp3) is 0.550. The number of aromatic amines is 1. The number of aryl methyl sites for hydroxylation is 1. The van der Waals surface area contributed by atoms with Gasteiger partial charge in [0.2, 0.25) is 11.1 Å². The lowest BCUT2D eigenvalue weighted by Crippen LogP contribution is -2.46. The molecule has 6 heteroatoms. The van der Waals surface area contributed by atoms with Crippen LogP contribution in [0.1, 0.15) is 45.6 Å². The van der Waals surface area contributed by atoms with Gasteiger partial charge in [0, 0.05) is 11.6 Å². The number of H-pyrrole nitrogens is 1. The van der Waals surface area contributed by atoms with E-state index in [0.717, 1.165) is 17.8 Å². The third kappa shape index (κ3) is 4.47. The van der Waals surface area contributed by atoms with Crippen molar-refractivity contribution in [1.29, 1.82) is 0 Å². The Morgan fingerprint density at radius 3 is 2.73 bits per heavy atom. The van der Waals surface area contributed by atoms with Crippen molar-refractivity contribution in [2.45, 2.75) is 63.4 Å². The van der Waals surface area contributed by atoms with Crippen LogP contribution in [0.15, 0.2) is 29.4 Å². The topological polar surface area (TPSA) is 70.7 Å².